The maximum absolute atomic E-state index is 6.62. The van der Waals surface area contributed by atoms with E-state index in [0.717, 1.165) is 0 Å². The highest BCUT2D eigenvalue weighted by atomic mass is 14.7. The van der Waals surface area contributed by atoms with E-state index in [0.29, 0.717) is 5.41 Å². The molecule has 0 spiro atoms. The van der Waals surface area contributed by atoms with E-state index in [1.807, 2.05) is 0 Å². The summed E-state index contributed by atoms with van der Waals surface area (Å²) < 4.78 is 0. The minimum atomic E-state index is 0.179. The molecular formula is C18H37N. The molecule has 1 nitrogen and oxygen atoms in total. The molecule has 0 aromatic rings. The van der Waals surface area contributed by atoms with Gasteiger partial charge >= 0.3 is 0 Å². The van der Waals surface area contributed by atoms with Crippen LogP contribution >= 0.6 is 0 Å². The van der Waals surface area contributed by atoms with Crippen molar-refractivity contribution in [2.75, 3.05) is 0 Å². The Kier molecular flexibility index (Phi) is 7.42. The van der Waals surface area contributed by atoms with Crippen LogP contribution in [0.3, 0.4) is 0 Å². The molecule has 0 heterocycles. The van der Waals surface area contributed by atoms with Gasteiger partial charge in [-0.15, -0.1) is 0 Å². The van der Waals surface area contributed by atoms with Crippen LogP contribution in [0.25, 0.3) is 0 Å². The predicted octanol–water partition coefficient (Wildman–Crippen LogP) is 5.81. The lowest BCUT2D eigenvalue weighted by atomic mass is 9.62. The minimum absolute atomic E-state index is 0.179. The molecule has 0 aliphatic heterocycles. The Morgan fingerprint density at radius 2 is 1.11 bits per heavy atom. The molecule has 0 saturated heterocycles. The maximum Gasteiger partial charge on any atom is 0.0154 e. The largest absolute Gasteiger partial charge is 0.325 e. The van der Waals surface area contributed by atoms with Crippen molar-refractivity contribution < 1.29 is 0 Å². The molecule has 1 saturated carbocycles. The SMILES string of the molecule is CCCCC1(N)CCC(CCCC)(CCCC)CC1. The smallest absolute Gasteiger partial charge is 0.0154 e. The zero-order chi connectivity index (χ0) is 14.2. The highest BCUT2D eigenvalue weighted by Gasteiger charge is 2.39. The fourth-order valence-corrected chi connectivity index (χ4v) is 3.79. The van der Waals surface area contributed by atoms with Crippen LogP contribution in [0.4, 0.5) is 0 Å². The third kappa shape index (κ3) is 5.45. The topological polar surface area (TPSA) is 26.0 Å². The normalized spacial score (nSPS) is 21.5. The Bertz CT molecular complexity index is 216. The first-order chi connectivity index (χ1) is 9.10. The van der Waals surface area contributed by atoms with E-state index in [1.165, 1.54) is 83.5 Å². The second-order valence-electron chi connectivity index (χ2n) is 7.17. The van der Waals surface area contributed by atoms with Gasteiger partial charge in [0, 0.05) is 5.54 Å². The van der Waals surface area contributed by atoms with Crippen molar-refractivity contribution in [2.45, 2.75) is 110 Å². The number of rotatable bonds is 9. The molecule has 1 aliphatic carbocycles. The zero-order valence-electron chi connectivity index (χ0n) is 13.8. The van der Waals surface area contributed by atoms with Crippen molar-refractivity contribution in [3.8, 4) is 0 Å². The van der Waals surface area contributed by atoms with Crippen molar-refractivity contribution in [3.05, 3.63) is 0 Å². The molecule has 1 aliphatic rings. The third-order valence-electron chi connectivity index (χ3n) is 5.46. The average Bonchev–Trinajstić information content (AvgIpc) is 2.44. The first kappa shape index (κ1) is 17.0. The molecule has 0 unspecified atom stereocenters. The summed E-state index contributed by atoms with van der Waals surface area (Å²) in [6, 6.07) is 0. The monoisotopic (exact) mass is 267 g/mol. The van der Waals surface area contributed by atoms with E-state index in [2.05, 4.69) is 20.8 Å². The fraction of sp³-hybridized carbons (Fsp3) is 1.00. The van der Waals surface area contributed by atoms with Crippen molar-refractivity contribution in [3.63, 3.8) is 0 Å². The Morgan fingerprint density at radius 3 is 1.53 bits per heavy atom. The van der Waals surface area contributed by atoms with Gasteiger partial charge in [0.15, 0.2) is 0 Å². The van der Waals surface area contributed by atoms with Crippen LogP contribution < -0.4 is 5.73 Å². The van der Waals surface area contributed by atoms with Crippen molar-refractivity contribution >= 4 is 0 Å². The number of unbranched alkanes of at least 4 members (excludes halogenated alkanes) is 3. The molecule has 0 bridgehead atoms. The Balaban J connectivity index is 2.52. The molecule has 0 aromatic carbocycles. The summed E-state index contributed by atoms with van der Waals surface area (Å²) in [4.78, 5) is 0. The molecule has 0 amide bonds. The van der Waals surface area contributed by atoms with E-state index in [9.17, 15) is 0 Å². The molecule has 114 valence electrons. The molecule has 2 N–H and O–H groups in total. The third-order valence-corrected chi connectivity index (χ3v) is 5.46. The van der Waals surface area contributed by atoms with Gasteiger partial charge < -0.3 is 5.73 Å². The summed E-state index contributed by atoms with van der Waals surface area (Å²) in [6.45, 7) is 6.93. The highest BCUT2D eigenvalue weighted by molar-refractivity contribution is 4.95. The second-order valence-corrected chi connectivity index (χ2v) is 7.17. The Morgan fingerprint density at radius 1 is 0.684 bits per heavy atom. The Hall–Kier alpha value is -0.0400. The van der Waals surface area contributed by atoms with E-state index in [1.54, 1.807) is 0 Å². The number of hydrogen-bond acceptors (Lipinski definition) is 1. The van der Waals surface area contributed by atoms with Gasteiger partial charge in [0.2, 0.25) is 0 Å². The minimum Gasteiger partial charge on any atom is -0.325 e. The second kappa shape index (κ2) is 8.29. The van der Waals surface area contributed by atoms with Crippen molar-refractivity contribution in [2.24, 2.45) is 11.1 Å². The van der Waals surface area contributed by atoms with E-state index in [-0.39, 0.29) is 5.54 Å². The molecule has 0 aromatic heterocycles. The van der Waals surface area contributed by atoms with Crippen LogP contribution in [-0.2, 0) is 0 Å². The lowest BCUT2D eigenvalue weighted by molar-refractivity contribution is 0.0967. The van der Waals surface area contributed by atoms with Crippen molar-refractivity contribution in [1.29, 1.82) is 0 Å². The van der Waals surface area contributed by atoms with E-state index < -0.39 is 0 Å². The maximum atomic E-state index is 6.62. The number of hydrogen-bond donors (Lipinski definition) is 1. The van der Waals surface area contributed by atoms with Gasteiger partial charge in [-0.3, -0.25) is 0 Å². The first-order valence-electron chi connectivity index (χ1n) is 8.88. The van der Waals surface area contributed by atoms with Gasteiger partial charge in [-0.1, -0.05) is 59.3 Å². The van der Waals surface area contributed by atoms with Crippen LogP contribution in [0.5, 0.6) is 0 Å². The lowest BCUT2D eigenvalue weighted by Crippen LogP contribution is -2.46. The van der Waals surface area contributed by atoms with Gasteiger partial charge in [-0.2, -0.15) is 0 Å². The van der Waals surface area contributed by atoms with E-state index >= 15 is 0 Å². The van der Waals surface area contributed by atoms with Crippen molar-refractivity contribution in [1.82, 2.24) is 0 Å². The van der Waals surface area contributed by atoms with Crippen LogP contribution in [0, 0.1) is 5.41 Å². The fourth-order valence-electron chi connectivity index (χ4n) is 3.79. The van der Waals surface area contributed by atoms with Gasteiger partial charge in [0.25, 0.3) is 0 Å². The van der Waals surface area contributed by atoms with Crippen LogP contribution in [-0.4, -0.2) is 5.54 Å². The van der Waals surface area contributed by atoms with Gasteiger partial charge in [0.1, 0.15) is 0 Å². The highest BCUT2D eigenvalue weighted by Crippen LogP contribution is 2.48. The summed E-state index contributed by atoms with van der Waals surface area (Å²) in [6.07, 6.45) is 17.6. The quantitative estimate of drug-likeness (QED) is 0.560. The summed E-state index contributed by atoms with van der Waals surface area (Å²) in [7, 11) is 0. The predicted molar refractivity (Wildman–Crippen MR) is 86.4 cm³/mol. The molecule has 0 radical (unpaired) electrons. The van der Waals surface area contributed by atoms with Crippen LogP contribution in [0.15, 0.2) is 0 Å². The van der Waals surface area contributed by atoms with Gasteiger partial charge in [-0.25, -0.2) is 0 Å². The lowest BCUT2D eigenvalue weighted by Gasteiger charge is -2.45. The Labute approximate surface area is 121 Å². The summed E-state index contributed by atoms with van der Waals surface area (Å²) in [5, 5.41) is 0. The summed E-state index contributed by atoms with van der Waals surface area (Å²) in [5.74, 6) is 0. The average molecular weight is 268 g/mol. The summed E-state index contributed by atoms with van der Waals surface area (Å²) >= 11 is 0. The van der Waals surface area contributed by atoms with Gasteiger partial charge in [-0.05, 0) is 50.4 Å². The molecule has 0 atom stereocenters. The molecule has 1 fully saturated rings. The molecule has 1 rings (SSSR count). The summed E-state index contributed by atoms with van der Waals surface area (Å²) in [5.41, 5.74) is 7.46. The standard InChI is InChI=1S/C18H37N/c1-4-7-10-17(11-8-5-2)13-15-18(19,16-14-17)12-9-6-3/h4-16,19H2,1-3H3. The van der Waals surface area contributed by atoms with Crippen LogP contribution in [0.1, 0.15) is 104 Å². The van der Waals surface area contributed by atoms with Gasteiger partial charge in [0.05, 0.1) is 0 Å². The molecular weight excluding hydrogens is 230 g/mol. The number of nitrogens with two attached hydrogens (primary N) is 1. The zero-order valence-corrected chi connectivity index (χ0v) is 13.8. The van der Waals surface area contributed by atoms with E-state index in [4.69, 9.17) is 5.73 Å². The molecule has 1 heteroatoms. The molecule has 19 heavy (non-hydrogen) atoms. The van der Waals surface area contributed by atoms with Crippen LogP contribution in [0.2, 0.25) is 0 Å². The first-order valence-corrected chi connectivity index (χ1v) is 8.88.